The minimum Gasteiger partial charge on any atom is -0.343 e. The lowest BCUT2D eigenvalue weighted by molar-refractivity contribution is -0.344. The second kappa shape index (κ2) is 11.6. The summed E-state index contributed by atoms with van der Waals surface area (Å²) in [6.07, 6.45) is 8.13. The summed E-state index contributed by atoms with van der Waals surface area (Å²) >= 11 is 0. The van der Waals surface area contributed by atoms with E-state index in [0.29, 0.717) is 37.8 Å². The third-order valence-electron chi connectivity index (χ3n) is 4.79. The Morgan fingerprint density at radius 1 is 0.808 bits per heavy atom. The first kappa shape index (κ1) is 22.9. The lowest BCUT2D eigenvalue weighted by atomic mass is 9.92. The average Bonchev–Trinajstić information content (AvgIpc) is 2.53. The van der Waals surface area contributed by atoms with E-state index in [-0.39, 0.29) is 12.0 Å². The number of halogens is 3. The van der Waals surface area contributed by atoms with Crippen LogP contribution in [0.25, 0.3) is 0 Å². The number of aliphatic hydroxyl groups is 3. The fraction of sp³-hybridized carbons (Fsp3) is 0.700. The summed E-state index contributed by atoms with van der Waals surface area (Å²) < 4.78 is 40.0. The Morgan fingerprint density at radius 3 is 1.85 bits per heavy atom. The molecule has 1 unspecified atom stereocenters. The quantitative estimate of drug-likeness (QED) is 0.342. The predicted molar refractivity (Wildman–Crippen MR) is 94.7 cm³/mol. The van der Waals surface area contributed by atoms with E-state index in [9.17, 15) is 28.5 Å². The Balaban J connectivity index is 2.38. The van der Waals surface area contributed by atoms with E-state index in [1.807, 2.05) is 0 Å². The second-order valence-electron chi connectivity index (χ2n) is 7.03. The Bertz CT molecular complexity index is 507. The molecular weight excluding hydrogens is 345 g/mol. The molecule has 0 amide bonds. The van der Waals surface area contributed by atoms with Gasteiger partial charge in [-0.25, -0.2) is 13.2 Å². The van der Waals surface area contributed by atoms with Crippen molar-refractivity contribution in [3.05, 3.63) is 35.1 Å². The van der Waals surface area contributed by atoms with Crippen LogP contribution in [0.2, 0.25) is 0 Å². The van der Waals surface area contributed by atoms with Gasteiger partial charge in [0, 0.05) is 23.6 Å². The lowest BCUT2D eigenvalue weighted by Gasteiger charge is -2.26. The van der Waals surface area contributed by atoms with Crippen LogP contribution in [0.5, 0.6) is 0 Å². The standard InChI is InChI=1S/C20H31F3O3/c1-2-3-4-5-6-7-10-15(20(24,25)26)11-8-9-12-17-18(22)13-16(21)14-19(17)23/h13-15,24-26H,2-12H2,1H3. The van der Waals surface area contributed by atoms with Crippen molar-refractivity contribution in [2.24, 2.45) is 5.92 Å². The number of hydrogen-bond donors (Lipinski definition) is 3. The molecule has 0 aromatic heterocycles. The summed E-state index contributed by atoms with van der Waals surface area (Å²) in [6, 6.07) is 1.31. The maximum absolute atomic E-state index is 13.6. The molecule has 0 heterocycles. The van der Waals surface area contributed by atoms with E-state index in [1.54, 1.807) is 0 Å². The molecule has 26 heavy (non-hydrogen) atoms. The highest BCUT2D eigenvalue weighted by atomic mass is 19.1. The van der Waals surface area contributed by atoms with Crippen molar-refractivity contribution in [1.82, 2.24) is 0 Å². The minimum absolute atomic E-state index is 0.0942. The lowest BCUT2D eigenvalue weighted by Crippen LogP contribution is -2.37. The van der Waals surface area contributed by atoms with Gasteiger partial charge in [0.05, 0.1) is 0 Å². The number of unbranched alkanes of at least 4 members (excludes halogenated alkanes) is 6. The molecule has 0 aliphatic heterocycles. The zero-order valence-corrected chi connectivity index (χ0v) is 15.5. The van der Waals surface area contributed by atoms with Crippen molar-refractivity contribution in [3.8, 4) is 0 Å². The van der Waals surface area contributed by atoms with Crippen LogP contribution in [0.3, 0.4) is 0 Å². The van der Waals surface area contributed by atoms with Gasteiger partial charge in [0.15, 0.2) is 0 Å². The molecule has 0 spiro atoms. The van der Waals surface area contributed by atoms with Gasteiger partial charge in [0.25, 0.3) is 5.97 Å². The molecule has 6 heteroatoms. The number of rotatable bonds is 13. The van der Waals surface area contributed by atoms with Crippen molar-refractivity contribution in [3.63, 3.8) is 0 Å². The summed E-state index contributed by atoms with van der Waals surface area (Å²) in [5.41, 5.74) is -0.165. The molecule has 0 saturated carbocycles. The van der Waals surface area contributed by atoms with Crippen LogP contribution in [0.15, 0.2) is 12.1 Å². The zero-order valence-electron chi connectivity index (χ0n) is 15.5. The zero-order chi connectivity index (χ0) is 19.6. The molecule has 0 bridgehead atoms. The Labute approximate surface area is 153 Å². The van der Waals surface area contributed by atoms with Gasteiger partial charge in [-0.15, -0.1) is 0 Å². The van der Waals surface area contributed by atoms with Crippen molar-refractivity contribution < 1.29 is 28.5 Å². The monoisotopic (exact) mass is 376 g/mol. The fourth-order valence-electron chi connectivity index (χ4n) is 3.21. The molecule has 0 saturated heterocycles. The minimum atomic E-state index is -2.74. The van der Waals surface area contributed by atoms with Gasteiger partial charge < -0.3 is 15.3 Å². The first-order valence-corrected chi connectivity index (χ1v) is 9.56. The van der Waals surface area contributed by atoms with Crippen LogP contribution in [0, 0.1) is 23.4 Å². The van der Waals surface area contributed by atoms with Crippen molar-refractivity contribution in [2.75, 3.05) is 0 Å². The molecule has 0 radical (unpaired) electrons. The molecule has 1 atom stereocenters. The second-order valence-corrected chi connectivity index (χ2v) is 7.03. The molecular formula is C20H31F3O3. The molecule has 0 fully saturated rings. The van der Waals surface area contributed by atoms with E-state index >= 15 is 0 Å². The molecule has 150 valence electrons. The van der Waals surface area contributed by atoms with Gasteiger partial charge in [-0.2, -0.15) is 0 Å². The van der Waals surface area contributed by atoms with E-state index in [0.717, 1.165) is 32.1 Å². The Kier molecular flexibility index (Phi) is 10.2. The molecule has 1 aromatic rings. The molecule has 0 aliphatic rings. The Hall–Kier alpha value is -1.11. The van der Waals surface area contributed by atoms with E-state index in [2.05, 4.69) is 6.92 Å². The third-order valence-corrected chi connectivity index (χ3v) is 4.79. The summed E-state index contributed by atoms with van der Waals surface area (Å²) in [5.74, 6) is -6.21. The SMILES string of the molecule is CCCCCCCCC(CCCCc1c(F)cc(F)cc1F)C(O)(O)O. The molecule has 0 aliphatic carbocycles. The van der Waals surface area contributed by atoms with Crippen molar-refractivity contribution in [2.45, 2.75) is 83.5 Å². The number of hydrogen-bond acceptors (Lipinski definition) is 3. The van der Waals surface area contributed by atoms with Crippen LogP contribution in [-0.4, -0.2) is 21.3 Å². The first-order valence-electron chi connectivity index (χ1n) is 9.56. The highest BCUT2D eigenvalue weighted by Gasteiger charge is 2.30. The van der Waals surface area contributed by atoms with Crippen LogP contribution >= 0.6 is 0 Å². The largest absolute Gasteiger partial charge is 0.343 e. The third kappa shape index (κ3) is 8.52. The highest BCUT2D eigenvalue weighted by molar-refractivity contribution is 5.20. The smallest absolute Gasteiger partial charge is 0.278 e. The normalized spacial score (nSPS) is 13.2. The molecule has 1 rings (SSSR count). The van der Waals surface area contributed by atoms with Crippen LogP contribution in [-0.2, 0) is 6.42 Å². The number of benzene rings is 1. The van der Waals surface area contributed by atoms with Crippen molar-refractivity contribution >= 4 is 0 Å². The van der Waals surface area contributed by atoms with Gasteiger partial charge in [0.2, 0.25) is 0 Å². The predicted octanol–water partition coefficient (Wildman–Crippen LogP) is 4.81. The van der Waals surface area contributed by atoms with Gasteiger partial charge >= 0.3 is 0 Å². The average molecular weight is 376 g/mol. The summed E-state index contributed by atoms with van der Waals surface area (Å²) in [5, 5.41) is 28.5. The van der Waals surface area contributed by atoms with Gasteiger partial charge in [-0.05, 0) is 25.7 Å². The molecule has 3 nitrogen and oxygen atoms in total. The molecule has 3 N–H and O–H groups in total. The van der Waals surface area contributed by atoms with Gasteiger partial charge in [-0.1, -0.05) is 51.9 Å². The first-order chi connectivity index (χ1) is 12.3. The summed E-state index contributed by atoms with van der Waals surface area (Å²) in [6.45, 7) is 2.14. The maximum atomic E-state index is 13.6. The van der Waals surface area contributed by atoms with Crippen LogP contribution in [0.4, 0.5) is 13.2 Å². The fourth-order valence-corrected chi connectivity index (χ4v) is 3.21. The van der Waals surface area contributed by atoms with Crippen LogP contribution in [0.1, 0.15) is 76.7 Å². The summed E-state index contributed by atoms with van der Waals surface area (Å²) in [4.78, 5) is 0. The van der Waals surface area contributed by atoms with E-state index < -0.39 is 29.3 Å². The van der Waals surface area contributed by atoms with E-state index in [4.69, 9.17) is 0 Å². The van der Waals surface area contributed by atoms with Crippen LogP contribution < -0.4 is 0 Å². The van der Waals surface area contributed by atoms with E-state index in [1.165, 1.54) is 6.42 Å². The maximum Gasteiger partial charge on any atom is 0.278 e. The highest BCUT2D eigenvalue weighted by Crippen LogP contribution is 2.26. The topological polar surface area (TPSA) is 60.7 Å². The van der Waals surface area contributed by atoms with Gasteiger partial charge in [0.1, 0.15) is 17.5 Å². The van der Waals surface area contributed by atoms with Gasteiger partial charge in [-0.3, -0.25) is 0 Å². The summed E-state index contributed by atoms with van der Waals surface area (Å²) in [7, 11) is 0. The molecule has 1 aromatic carbocycles. The van der Waals surface area contributed by atoms with Crippen molar-refractivity contribution in [1.29, 1.82) is 0 Å². The Morgan fingerprint density at radius 2 is 1.31 bits per heavy atom.